The molecule has 0 fully saturated rings. The first-order valence-electron chi connectivity index (χ1n) is 2.38. The zero-order valence-corrected chi connectivity index (χ0v) is 6.63. The number of carboxylic acids is 2. The van der Waals surface area contributed by atoms with Crippen LogP contribution in [0.15, 0.2) is 0 Å². The molecule has 0 radical (unpaired) electrons. The predicted octanol–water partition coefficient (Wildman–Crippen LogP) is -0.343. The number of halogens is 2. The van der Waals surface area contributed by atoms with Crippen LogP contribution in [-0.2, 0) is 9.59 Å². The summed E-state index contributed by atoms with van der Waals surface area (Å²) in [6.07, 6.45) is 0. The molecule has 0 aliphatic rings. The SMILES string of the molecule is NC(Cl)(C(=O)O)C(Cl)C(=O)O. The average Bonchev–Trinajstić information content (AvgIpc) is 1.85. The third-order valence-corrected chi connectivity index (χ3v) is 1.94. The molecule has 4 N–H and O–H groups in total. The van der Waals surface area contributed by atoms with Gasteiger partial charge in [-0.2, -0.15) is 0 Å². The Morgan fingerprint density at radius 3 is 1.91 bits per heavy atom. The lowest BCUT2D eigenvalue weighted by Gasteiger charge is -2.18. The second-order valence-electron chi connectivity index (χ2n) is 1.77. The first-order valence-corrected chi connectivity index (χ1v) is 3.19. The number of carboxylic acid groups (broad SMARTS) is 2. The van der Waals surface area contributed by atoms with Crippen LogP contribution in [0.5, 0.6) is 0 Å². The topological polar surface area (TPSA) is 101 Å². The highest BCUT2D eigenvalue weighted by Crippen LogP contribution is 2.18. The summed E-state index contributed by atoms with van der Waals surface area (Å²) in [6.45, 7) is 0. The lowest BCUT2D eigenvalue weighted by molar-refractivity contribution is -0.146. The molecule has 0 aliphatic carbocycles. The van der Waals surface area contributed by atoms with E-state index in [1.165, 1.54) is 0 Å². The molecule has 2 atom stereocenters. The summed E-state index contributed by atoms with van der Waals surface area (Å²) < 4.78 is 0. The van der Waals surface area contributed by atoms with Crippen molar-refractivity contribution < 1.29 is 19.8 Å². The molecule has 0 spiro atoms. The Balaban J connectivity index is 4.55. The molecule has 0 aromatic carbocycles. The van der Waals surface area contributed by atoms with Gasteiger partial charge in [0.15, 0.2) is 5.38 Å². The van der Waals surface area contributed by atoms with Crippen molar-refractivity contribution in [1.29, 1.82) is 0 Å². The van der Waals surface area contributed by atoms with E-state index in [4.69, 9.17) is 39.1 Å². The van der Waals surface area contributed by atoms with Crippen molar-refractivity contribution in [2.45, 2.75) is 10.4 Å². The van der Waals surface area contributed by atoms with E-state index in [-0.39, 0.29) is 0 Å². The maximum Gasteiger partial charge on any atom is 0.341 e. The zero-order chi connectivity index (χ0) is 9.23. The molecule has 0 aromatic rings. The Morgan fingerprint density at radius 2 is 1.82 bits per heavy atom. The van der Waals surface area contributed by atoms with Crippen LogP contribution in [0.3, 0.4) is 0 Å². The van der Waals surface area contributed by atoms with Crippen molar-refractivity contribution in [3.8, 4) is 0 Å². The van der Waals surface area contributed by atoms with Gasteiger partial charge in [0.05, 0.1) is 0 Å². The van der Waals surface area contributed by atoms with Crippen LogP contribution < -0.4 is 5.73 Å². The first-order chi connectivity index (χ1) is 4.80. The summed E-state index contributed by atoms with van der Waals surface area (Å²) >= 11 is 10.1. The Bertz CT molecular complexity index is 193. The van der Waals surface area contributed by atoms with Gasteiger partial charge in [-0.1, -0.05) is 11.6 Å². The number of carbonyl (C=O) groups is 2. The second-order valence-corrected chi connectivity index (χ2v) is 2.84. The maximum absolute atomic E-state index is 10.2. The third-order valence-electron chi connectivity index (χ3n) is 0.913. The van der Waals surface area contributed by atoms with Gasteiger partial charge >= 0.3 is 11.9 Å². The number of nitrogens with two attached hydrogens (primary N) is 1. The molecule has 0 rings (SSSR count). The van der Waals surface area contributed by atoms with Crippen molar-refractivity contribution in [3.05, 3.63) is 0 Å². The molecule has 2 unspecified atom stereocenters. The highest BCUT2D eigenvalue weighted by atomic mass is 35.5. The summed E-state index contributed by atoms with van der Waals surface area (Å²) in [7, 11) is 0. The summed E-state index contributed by atoms with van der Waals surface area (Å²) in [6, 6.07) is 0. The molecular formula is C4H5Cl2NO4. The quantitative estimate of drug-likeness (QED) is 0.429. The number of rotatable bonds is 3. The van der Waals surface area contributed by atoms with Gasteiger partial charge in [-0.05, 0) is 0 Å². The van der Waals surface area contributed by atoms with E-state index in [2.05, 4.69) is 0 Å². The van der Waals surface area contributed by atoms with Gasteiger partial charge < -0.3 is 15.9 Å². The highest BCUT2D eigenvalue weighted by Gasteiger charge is 2.44. The van der Waals surface area contributed by atoms with Gasteiger partial charge in [0.25, 0.3) is 0 Å². The van der Waals surface area contributed by atoms with E-state index >= 15 is 0 Å². The molecule has 0 saturated heterocycles. The maximum atomic E-state index is 10.2. The Kier molecular flexibility index (Phi) is 3.10. The van der Waals surface area contributed by atoms with Crippen LogP contribution in [0, 0.1) is 0 Å². The average molecular weight is 202 g/mol. The highest BCUT2D eigenvalue weighted by molar-refractivity contribution is 6.44. The molecule has 0 amide bonds. The molecule has 64 valence electrons. The molecule has 5 nitrogen and oxygen atoms in total. The smallest absolute Gasteiger partial charge is 0.341 e. The number of hydrogen-bond donors (Lipinski definition) is 3. The van der Waals surface area contributed by atoms with Crippen LogP contribution in [0.2, 0.25) is 0 Å². The van der Waals surface area contributed by atoms with E-state index in [0.717, 1.165) is 0 Å². The summed E-state index contributed by atoms with van der Waals surface area (Å²) in [5.74, 6) is -3.26. The molecular weight excluding hydrogens is 197 g/mol. The summed E-state index contributed by atoms with van der Waals surface area (Å²) in [4.78, 5) is 17.8. The normalized spacial score (nSPS) is 18.5. The Hall–Kier alpha value is -0.520. The van der Waals surface area contributed by atoms with Crippen LogP contribution in [-0.4, -0.2) is 32.5 Å². The predicted molar refractivity (Wildman–Crippen MR) is 37.7 cm³/mol. The standard InChI is InChI=1S/C4H5Cl2NO4/c5-1(2(8)9)4(6,7)3(10)11/h1H,7H2,(H,8,9)(H,10,11). The lowest BCUT2D eigenvalue weighted by atomic mass is 10.2. The molecule has 0 aliphatic heterocycles. The van der Waals surface area contributed by atoms with Crippen LogP contribution in [0.1, 0.15) is 0 Å². The first kappa shape index (κ1) is 10.5. The molecule has 0 saturated carbocycles. The second kappa shape index (κ2) is 3.25. The largest absolute Gasteiger partial charge is 0.480 e. The zero-order valence-electron chi connectivity index (χ0n) is 5.12. The monoisotopic (exact) mass is 201 g/mol. The van der Waals surface area contributed by atoms with Crippen molar-refractivity contribution in [2.24, 2.45) is 5.73 Å². The fraction of sp³-hybridized carbons (Fsp3) is 0.500. The van der Waals surface area contributed by atoms with Crippen LogP contribution in [0.25, 0.3) is 0 Å². The van der Waals surface area contributed by atoms with Crippen LogP contribution >= 0.6 is 23.2 Å². The lowest BCUT2D eigenvalue weighted by Crippen LogP contribution is -2.53. The minimum atomic E-state index is -2.46. The van der Waals surface area contributed by atoms with Gasteiger partial charge in [-0.3, -0.25) is 4.79 Å². The number of alkyl halides is 2. The Morgan fingerprint density at radius 1 is 1.45 bits per heavy atom. The number of hydrogen-bond acceptors (Lipinski definition) is 3. The fourth-order valence-electron chi connectivity index (χ4n) is 0.288. The van der Waals surface area contributed by atoms with E-state index in [1.54, 1.807) is 0 Å². The minimum absolute atomic E-state index is 1.58. The number of aliphatic carboxylic acids is 2. The van der Waals surface area contributed by atoms with Crippen molar-refractivity contribution in [1.82, 2.24) is 0 Å². The molecule has 0 bridgehead atoms. The van der Waals surface area contributed by atoms with Gasteiger partial charge in [-0.25, -0.2) is 4.79 Å². The van der Waals surface area contributed by atoms with Crippen molar-refractivity contribution in [2.75, 3.05) is 0 Å². The van der Waals surface area contributed by atoms with Gasteiger partial charge in [0, 0.05) is 0 Å². The van der Waals surface area contributed by atoms with Crippen LogP contribution in [0.4, 0.5) is 0 Å². The van der Waals surface area contributed by atoms with E-state index in [0.29, 0.717) is 0 Å². The summed E-state index contributed by atoms with van der Waals surface area (Å²) in [5.41, 5.74) is 4.86. The van der Waals surface area contributed by atoms with E-state index < -0.39 is 22.3 Å². The van der Waals surface area contributed by atoms with E-state index in [1.807, 2.05) is 0 Å². The summed E-state index contributed by atoms with van der Waals surface area (Å²) in [5, 5.41) is 14.6. The fourth-order valence-corrected chi connectivity index (χ4v) is 0.475. The Labute approximate surface area is 71.7 Å². The minimum Gasteiger partial charge on any atom is -0.480 e. The third kappa shape index (κ3) is 2.21. The van der Waals surface area contributed by atoms with Crippen molar-refractivity contribution >= 4 is 35.1 Å². The molecule has 0 aromatic heterocycles. The van der Waals surface area contributed by atoms with Gasteiger partial charge in [-0.15, -0.1) is 11.6 Å². The van der Waals surface area contributed by atoms with Gasteiger partial charge in [0.2, 0.25) is 5.00 Å². The van der Waals surface area contributed by atoms with E-state index in [9.17, 15) is 9.59 Å². The van der Waals surface area contributed by atoms with Crippen molar-refractivity contribution in [3.63, 3.8) is 0 Å². The molecule has 0 heterocycles. The van der Waals surface area contributed by atoms with Gasteiger partial charge in [0.1, 0.15) is 0 Å². The molecule has 7 heteroatoms. The molecule has 11 heavy (non-hydrogen) atoms.